The van der Waals surface area contributed by atoms with Gasteiger partial charge < -0.3 is 19.7 Å². The lowest BCUT2D eigenvalue weighted by molar-refractivity contribution is -0.183. The Morgan fingerprint density at radius 2 is 1.35 bits per heavy atom. The first kappa shape index (κ1) is 33.8. The van der Waals surface area contributed by atoms with Crippen LogP contribution >= 0.6 is 21.1 Å². The molecule has 34 heavy (non-hydrogen) atoms. The van der Waals surface area contributed by atoms with Crippen LogP contribution in [0.4, 0.5) is 0 Å². The third-order valence-corrected chi connectivity index (χ3v) is 7.39. The second-order valence-electron chi connectivity index (χ2n) is 9.58. The molecule has 0 aliphatic heterocycles. The third kappa shape index (κ3) is 17.3. The van der Waals surface area contributed by atoms with Gasteiger partial charge in [0.05, 0.1) is 0 Å². The van der Waals surface area contributed by atoms with Gasteiger partial charge in [-0.1, -0.05) is 122 Å². The molecule has 0 saturated carbocycles. The Bertz CT molecular complexity index is 510. The van der Waals surface area contributed by atoms with E-state index in [1.165, 1.54) is 96.3 Å². The number of unbranched alkanes of at least 4 members (excludes halogenated alkanes) is 11. The Balaban J connectivity index is 4.55. The summed E-state index contributed by atoms with van der Waals surface area (Å²) >= 11 is 4.64. The molecule has 0 aliphatic carbocycles. The van der Waals surface area contributed by atoms with Crippen molar-refractivity contribution in [2.45, 2.75) is 147 Å². The topological polar surface area (TPSA) is 93.1 Å². The van der Waals surface area contributed by atoms with Crippen LogP contribution in [0.25, 0.3) is 0 Å². The van der Waals surface area contributed by atoms with Crippen molar-refractivity contribution in [3.05, 3.63) is 0 Å². The molecule has 8 heteroatoms. The minimum Gasteiger partial charge on any atom is -0.476 e. The van der Waals surface area contributed by atoms with Crippen LogP contribution in [0, 0.1) is 5.92 Å². The Morgan fingerprint density at radius 3 is 1.76 bits per heavy atom. The van der Waals surface area contributed by atoms with Gasteiger partial charge in [0, 0.05) is 0 Å². The zero-order valence-corrected chi connectivity index (χ0v) is 23.8. The highest BCUT2D eigenvalue weighted by atomic mass is 32.1. The maximum absolute atomic E-state index is 11.1. The molecular weight excluding hydrogens is 471 g/mol. The SMILES string of the molecule is CCCCCCCCCCC(CCCCCCC)CC(S)OC(CC)OCC(O)([PH+]=O)C(=O)O. The molecule has 0 spiro atoms. The molecule has 5 atom stereocenters. The number of aliphatic hydroxyl groups is 1. The molecule has 202 valence electrons. The van der Waals surface area contributed by atoms with Crippen molar-refractivity contribution in [2.75, 3.05) is 6.61 Å². The number of rotatable bonds is 25. The van der Waals surface area contributed by atoms with E-state index in [1.807, 2.05) is 6.92 Å². The second-order valence-corrected chi connectivity index (χ2v) is 11.2. The van der Waals surface area contributed by atoms with E-state index in [1.54, 1.807) is 0 Å². The first-order chi connectivity index (χ1) is 16.3. The number of carboxylic acids is 1. The normalized spacial score (nSPS) is 16.3. The van der Waals surface area contributed by atoms with Crippen LogP contribution in [0.3, 0.4) is 0 Å². The molecule has 0 radical (unpaired) electrons. The Morgan fingerprint density at radius 1 is 0.882 bits per heavy atom. The average Bonchev–Trinajstić information content (AvgIpc) is 2.82. The summed E-state index contributed by atoms with van der Waals surface area (Å²) in [5, 5.41) is 16.5. The minimum absolute atomic E-state index is 0.327. The fraction of sp³-hybridized carbons (Fsp3) is 0.962. The van der Waals surface area contributed by atoms with Gasteiger partial charge in [-0.25, -0.2) is 4.79 Å². The van der Waals surface area contributed by atoms with E-state index >= 15 is 0 Å². The predicted molar refractivity (Wildman–Crippen MR) is 144 cm³/mol. The number of aliphatic carboxylic acids is 1. The minimum atomic E-state index is -2.40. The molecule has 0 aromatic rings. The number of hydrogen-bond donors (Lipinski definition) is 3. The fourth-order valence-electron chi connectivity index (χ4n) is 4.10. The van der Waals surface area contributed by atoms with Crippen LogP contribution in [-0.4, -0.2) is 39.9 Å². The molecule has 0 saturated heterocycles. The van der Waals surface area contributed by atoms with Gasteiger partial charge in [-0.15, -0.1) is 12.6 Å². The molecule has 0 rings (SSSR count). The molecule has 2 N–H and O–H groups in total. The van der Waals surface area contributed by atoms with Crippen molar-refractivity contribution >= 4 is 27.1 Å². The summed E-state index contributed by atoms with van der Waals surface area (Å²) in [7, 11) is -1.42. The third-order valence-electron chi connectivity index (χ3n) is 6.36. The Hall–Kier alpha value is -0.200. The van der Waals surface area contributed by atoms with Gasteiger partial charge in [0.2, 0.25) is 0 Å². The molecule has 6 nitrogen and oxygen atoms in total. The van der Waals surface area contributed by atoms with Crippen molar-refractivity contribution in [2.24, 2.45) is 5.92 Å². The maximum atomic E-state index is 11.1. The first-order valence-electron chi connectivity index (χ1n) is 13.6. The van der Waals surface area contributed by atoms with Gasteiger partial charge >= 0.3 is 19.8 Å². The summed E-state index contributed by atoms with van der Waals surface area (Å²) < 4.78 is 22.5. The van der Waals surface area contributed by atoms with Crippen molar-refractivity contribution in [3.8, 4) is 0 Å². The molecule has 0 bridgehead atoms. The van der Waals surface area contributed by atoms with E-state index in [2.05, 4.69) is 26.5 Å². The summed E-state index contributed by atoms with van der Waals surface area (Å²) in [6.45, 7) is 5.76. The van der Waals surface area contributed by atoms with Gasteiger partial charge in [0.15, 0.2) is 6.29 Å². The number of ether oxygens (including phenoxy) is 2. The quantitative estimate of drug-likeness (QED) is 0.0491. The van der Waals surface area contributed by atoms with Gasteiger partial charge in [-0.3, -0.25) is 0 Å². The predicted octanol–water partition coefficient (Wildman–Crippen LogP) is 7.71. The lowest BCUT2D eigenvalue weighted by Crippen LogP contribution is -2.39. The van der Waals surface area contributed by atoms with Crippen molar-refractivity contribution in [1.29, 1.82) is 0 Å². The standard InChI is InChI=1S/C26H51O6PS/c1-4-7-9-11-12-13-15-17-19-22(18-16-14-10-8-5-2)20-24(34)32-23(6-3)31-21-26(29,33-30)25(27)28/h22-24,29,34H,4-21H2,1-3H3,(H,27,28)/p+1. The summed E-state index contributed by atoms with van der Waals surface area (Å²) in [5.74, 6) is -1.02. The Labute approximate surface area is 215 Å². The first-order valence-corrected chi connectivity index (χ1v) is 15.1. The molecule has 0 aliphatic rings. The molecule has 0 amide bonds. The second kappa shape index (κ2) is 22.0. The van der Waals surface area contributed by atoms with E-state index in [9.17, 15) is 14.5 Å². The van der Waals surface area contributed by atoms with Gasteiger partial charge in [-0.2, -0.15) is 0 Å². The number of thiol groups is 1. The molecule has 0 aromatic carbocycles. The highest BCUT2D eigenvalue weighted by Gasteiger charge is 2.47. The van der Waals surface area contributed by atoms with Crippen LogP contribution in [0.1, 0.15) is 130 Å². The van der Waals surface area contributed by atoms with E-state index in [4.69, 9.17) is 14.6 Å². The zero-order chi connectivity index (χ0) is 25.7. The number of carboxylic acid groups (broad SMARTS) is 1. The molecular formula is C26H52O6PS+. The highest BCUT2D eigenvalue weighted by Crippen LogP contribution is 2.27. The van der Waals surface area contributed by atoms with E-state index in [0.717, 1.165) is 6.42 Å². The average molecular weight is 524 g/mol. The largest absolute Gasteiger partial charge is 0.476 e. The smallest absolute Gasteiger partial charge is 0.390 e. The van der Waals surface area contributed by atoms with Crippen LogP contribution < -0.4 is 0 Å². The lowest BCUT2D eigenvalue weighted by atomic mass is 9.91. The van der Waals surface area contributed by atoms with E-state index in [-0.39, 0.29) is 5.44 Å². The lowest BCUT2D eigenvalue weighted by Gasteiger charge is -2.25. The summed E-state index contributed by atoms with van der Waals surface area (Å²) in [4.78, 5) is 11.1. The Kier molecular flexibility index (Phi) is 21.9. The van der Waals surface area contributed by atoms with E-state index < -0.39 is 32.7 Å². The van der Waals surface area contributed by atoms with Gasteiger partial charge in [-0.05, 0) is 18.8 Å². The number of hydrogen-bond acceptors (Lipinski definition) is 6. The van der Waals surface area contributed by atoms with Crippen molar-refractivity contribution in [3.63, 3.8) is 0 Å². The zero-order valence-electron chi connectivity index (χ0n) is 21.9. The van der Waals surface area contributed by atoms with Crippen LogP contribution in [-0.2, 0) is 18.8 Å². The van der Waals surface area contributed by atoms with Gasteiger partial charge in [0.25, 0.3) is 0 Å². The number of carbonyl (C=O) groups is 1. The summed E-state index contributed by atoms with van der Waals surface area (Å²) in [5.41, 5.74) is -0.327. The fourth-order valence-corrected chi connectivity index (χ4v) is 4.76. The summed E-state index contributed by atoms with van der Waals surface area (Å²) in [6, 6.07) is 0. The highest BCUT2D eigenvalue weighted by molar-refractivity contribution is 7.80. The van der Waals surface area contributed by atoms with Gasteiger partial charge in [0.1, 0.15) is 12.0 Å². The summed E-state index contributed by atoms with van der Waals surface area (Å²) in [6.07, 6.45) is 19.8. The monoisotopic (exact) mass is 523 g/mol. The molecule has 0 heterocycles. The van der Waals surface area contributed by atoms with Crippen molar-refractivity contribution in [1.82, 2.24) is 0 Å². The van der Waals surface area contributed by atoms with Crippen molar-refractivity contribution < 1.29 is 29.0 Å². The molecule has 5 unspecified atom stereocenters. The molecule has 0 aromatic heterocycles. The molecule has 0 fully saturated rings. The van der Waals surface area contributed by atoms with E-state index in [0.29, 0.717) is 12.3 Å². The maximum Gasteiger partial charge on any atom is 0.390 e. The van der Waals surface area contributed by atoms with Crippen LogP contribution in [0.2, 0.25) is 0 Å². The van der Waals surface area contributed by atoms with Crippen LogP contribution in [0.5, 0.6) is 0 Å². The van der Waals surface area contributed by atoms with Crippen LogP contribution in [0.15, 0.2) is 0 Å².